The molecule has 1 N–H and O–H groups in total. The Balaban J connectivity index is 1.53. The van der Waals surface area contributed by atoms with Crippen molar-refractivity contribution in [2.45, 2.75) is 25.3 Å². The predicted molar refractivity (Wildman–Crippen MR) is 73.2 cm³/mol. The lowest BCUT2D eigenvalue weighted by molar-refractivity contribution is 0.112. The average Bonchev–Trinajstić information content (AvgIpc) is 3.10. The number of ether oxygens (including phenoxy) is 1. The zero-order valence-electron chi connectivity index (χ0n) is 11.0. The summed E-state index contributed by atoms with van der Waals surface area (Å²) in [6.45, 7) is 6.01. The fourth-order valence-corrected chi connectivity index (χ4v) is 4.05. The van der Waals surface area contributed by atoms with Crippen LogP contribution in [0.15, 0.2) is 0 Å². The van der Waals surface area contributed by atoms with Crippen molar-refractivity contribution in [2.75, 3.05) is 50.9 Å². The van der Waals surface area contributed by atoms with Crippen LogP contribution in [-0.2, 0) is 15.5 Å². The molecule has 104 valence electrons. The Kier molecular flexibility index (Phi) is 4.03. The van der Waals surface area contributed by atoms with Crippen LogP contribution in [0.25, 0.3) is 0 Å². The van der Waals surface area contributed by atoms with Gasteiger partial charge in [0.25, 0.3) is 0 Å². The van der Waals surface area contributed by atoms with Gasteiger partial charge in [0, 0.05) is 66.5 Å². The minimum atomic E-state index is -0.567. The van der Waals surface area contributed by atoms with Gasteiger partial charge in [-0.3, -0.25) is 4.21 Å². The summed E-state index contributed by atoms with van der Waals surface area (Å²) in [6.07, 6.45) is 3.87. The van der Waals surface area contributed by atoms with Crippen molar-refractivity contribution >= 4 is 10.8 Å². The minimum absolute atomic E-state index is 0.307. The van der Waals surface area contributed by atoms with Gasteiger partial charge in [0.05, 0.1) is 6.61 Å². The summed E-state index contributed by atoms with van der Waals surface area (Å²) in [7, 11) is -0.567. The zero-order chi connectivity index (χ0) is 12.4. The van der Waals surface area contributed by atoms with Crippen molar-refractivity contribution in [1.82, 2.24) is 10.2 Å². The maximum atomic E-state index is 11.4. The maximum absolute atomic E-state index is 11.4. The van der Waals surface area contributed by atoms with E-state index in [4.69, 9.17) is 4.74 Å². The molecule has 1 unspecified atom stereocenters. The number of hydrogen-bond donors (Lipinski definition) is 1. The molecule has 0 aromatic carbocycles. The second-order valence-corrected chi connectivity index (χ2v) is 7.78. The zero-order valence-corrected chi connectivity index (χ0v) is 11.8. The first-order valence-electron chi connectivity index (χ1n) is 7.14. The molecule has 3 fully saturated rings. The van der Waals surface area contributed by atoms with Crippen molar-refractivity contribution in [3.8, 4) is 0 Å². The van der Waals surface area contributed by atoms with Crippen LogP contribution in [0.1, 0.15) is 19.3 Å². The third-order valence-corrected chi connectivity index (χ3v) is 5.63. The first kappa shape index (κ1) is 13.0. The summed E-state index contributed by atoms with van der Waals surface area (Å²) in [5, 5.41) is 3.67. The standard InChI is InChI=1S/C13H24N2O2S/c16-18-7-4-15(5-8-18)10-13(3-6-17-11-13)9-14-12-1-2-12/h12,14H,1-11H2. The maximum Gasteiger partial charge on any atom is 0.0547 e. The molecule has 3 aliphatic rings. The van der Waals surface area contributed by atoms with Crippen molar-refractivity contribution in [1.29, 1.82) is 0 Å². The van der Waals surface area contributed by atoms with E-state index in [1.54, 1.807) is 0 Å². The highest BCUT2D eigenvalue weighted by Gasteiger charge is 2.38. The van der Waals surface area contributed by atoms with Gasteiger partial charge in [0.15, 0.2) is 0 Å². The second-order valence-electron chi connectivity index (χ2n) is 6.08. The molecule has 0 radical (unpaired) electrons. The molecule has 1 atom stereocenters. The third-order valence-electron chi connectivity index (χ3n) is 4.36. The Morgan fingerprint density at radius 3 is 2.72 bits per heavy atom. The molecule has 3 rings (SSSR count). The molecule has 2 heterocycles. The lowest BCUT2D eigenvalue weighted by Crippen LogP contribution is -2.48. The molecule has 0 aromatic rings. The Bertz CT molecular complexity index is 304. The van der Waals surface area contributed by atoms with E-state index in [0.717, 1.165) is 56.9 Å². The summed E-state index contributed by atoms with van der Waals surface area (Å²) in [6, 6.07) is 0.774. The number of rotatable bonds is 5. The van der Waals surface area contributed by atoms with Crippen molar-refractivity contribution in [3.05, 3.63) is 0 Å². The van der Waals surface area contributed by atoms with Crippen molar-refractivity contribution in [3.63, 3.8) is 0 Å². The van der Waals surface area contributed by atoms with Crippen LogP contribution in [0, 0.1) is 5.41 Å². The smallest absolute Gasteiger partial charge is 0.0547 e. The molecule has 1 saturated carbocycles. The van der Waals surface area contributed by atoms with Gasteiger partial charge in [-0.15, -0.1) is 0 Å². The van der Waals surface area contributed by atoms with E-state index in [1.165, 1.54) is 19.3 Å². The van der Waals surface area contributed by atoms with E-state index in [9.17, 15) is 4.21 Å². The number of hydrogen-bond acceptors (Lipinski definition) is 4. The topological polar surface area (TPSA) is 41.6 Å². The van der Waals surface area contributed by atoms with E-state index < -0.39 is 10.8 Å². The van der Waals surface area contributed by atoms with Crippen LogP contribution in [0.3, 0.4) is 0 Å². The van der Waals surface area contributed by atoms with Gasteiger partial charge < -0.3 is 15.0 Å². The molecule has 0 aromatic heterocycles. The summed E-state index contributed by atoms with van der Waals surface area (Å²) in [5.41, 5.74) is 0.307. The Morgan fingerprint density at radius 1 is 1.33 bits per heavy atom. The van der Waals surface area contributed by atoms with Crippen LogP contribution < -0.4 is 5.32 Å². The third kappa shape index (κ3) is 3.32. The monoisotopic (exact) mass is 272 g/mol. The summed E-state index contributed by atoms with van der Waals surface area (Å²) >= 11 is 0. The average molecular weight is 272 g/mol. The SMILES string of the molecule is O=S1CCN(CC2(CNC3CC3)CCOC2)CC1. The van der Waals surface area contributed by atoms with Crippen molar-refractivity contribution in [2.24, 2.45) is 5.41 Å². The van der Waals surface area contributed by atoms with Gasteiger partial charge in [-0.25, -0.2) is 0 Å². The number of nitrogens with one attached hydrogen (secondary N) is 1. The molecule has 18 heavy (non-hydrogen) atoms. The minimum Gasteiger partial charge on any atom is -0.381 e. The van der Waals surface area contributed by atoms with Crippen LogP contribution in [-0.4, -0.2) is 66.0 Å². The normalized spacial score (nSPS) is 35.1. The van der Waals surface area contributed by atoms with Crippen LogP contribution in [0.4, 0.5) is 0 Å². The Labute approximate surface area is 112 Å². The molecule has 2 aliphatic heterocycles. The van der Waals surface area contributed by atoms with Gasteiger partial charge in [-0.1, -0.05) is 0 Å². The fourth-order valence-electron chi connectivity index (χ4n) is 2.93. The first-order chi connectivity index (χ1) is 8.76. The predicted octanol–water partition coefficient (Wildman–Crippen LogP) is 0.209. The van der Waals surface area contributed by atoms with E-state index in [2.05, 4.69) is 10.2 Å². The highest BCUT2D eigenvalue weighted by Crippen LogP contribution is 2.31. The first-order valence-corrected chi connectivity index (χ1v) is 8.63. The molecule has 2 saturated heterocycles. The quantitative estimate of drug-likeness (QED) is 0.777. The van der Waals surface area contributed by atoms with Crippen LogP contribution in [0.2, 0.25) is 0 Å². The molecule has 0 spiro atoms. The lowest BCUT2D eigenvalue weighted by atomic mass is 9.86. The Morgan fingerprint density at radius 2 is 2.11 bits per heavy atom. The summed E-state index contributed by atoms with van der Waals surface area (Å²) in [4.78, 5) is 2.49. The van der Waals surface area contributed by atoms with Crippen LogP contribution in [0.5, 0.6) is 0 Å². The highest BCUT2D eigenvalue weighted by molar-refractivity contribution is 7.85. The Hall–Kier alpha value is 0.0300. The summed E-state index contributed by atoms with van der Waals surface area (Å²) in [5.74, 6) is 1.71. The molecular weight excluding hydrogens is 248 g/mol. The van der Waals surface area contributed by atoms with E-state index in [0.29, 0.717) is 5.41 Å². The largest absolute Gasteiger partial charge is 0.381 e. The molecule has 4 nitrogen and oxygen atoms in total. The highest BCUT2D eigenvalue weighted by atomic mass is 32.2. The number of nitrogens with zero attached hydrogens (tertiary/aromatic N) is 1. The molecule has 0 bridgehead atoms. The van der Waals surface area contributed by atoms with Crippen molar-refractivity contribution < 1.29 is 8.95 Å². The van der Waals surface area contributed by atoms with Crippen LogP contribution >= 0.6 is 0 Å². The van der Waals surface area contributed by atoms with Gasteiger partial charge in [0.1, 0.15) is 0 Å². The molecule has 0 amide bonds. The lowest BCUT2D eigenvalue weighted by Gasteiger charge is -2.36. The summed E-state index contributed by atoms with van der Waals surface area (Å²) < 4.78 is 17.0. The second kappa shape index (κ2) is 5.57. The van der Waals surface area contributed by atoms with E-state index >= 15 is 0 Å². The van der Waals surface area contributed by atoms with E-state index in [-0.39, 0.29) is 0 Å². The van der Waals surface area contributed by atoms with Gasteiger partial charge in [0.2, 0.25) is 0 Å². The van der Waals surface area contributed by atoms with Gasteiger partial charge in [-0.2, -0.15) is 0 Å². The molecular formula is C13H24N2O2S. The molecule has 1 aliphatic carbocycles. The van der Waals surface area contributed by atoms with E-state index in [1.807, 2.05) is 0 Å². The molecule has 5 heteroatoms. The van der Waals surface area contributed by atoms with Gasteiger partial charge >= 0.3 is 0 Å². The van der Waals surface area contributed by atoms with Gasteiger partial charge in [-0.05, 0) is 19.3 Å². The fraction of sp³-hybridized carbons (Fsp3) is 1.00.